The van der Waals surface area contributed by atoms with Crippen LogP contribution in [0, 0.1) is 48.5 Å². The number of halogens is 3. The van der Waals surface area contributed by atoms with E-state index < -0.39 is 8.07 Å². The van der Waals surface area contributed by atoms with Gasteiger partial charge in [-0.2, -0.15) is 22.3 Å². The van der Waals surface area contributed by atoms with Gasteiger partial charge in [-0.05, 0) is 55.7 Å². The van der Waals surface area contributed by atoms with Crippen LogP contribution in [-0.2, 0) is 21.7 Å². The van der Waals surface area contributed by atoms with E-state index in [1.54, 1.807) is 0 Å². The quantitative estimate of drug-likeness (QED) is 0.0928. The summed E-state index contributed by atoms with van der Waals surface area (Å²) in [6, 6.07) is 15.2. The summed E-state index contributed by atoms with van der Waals surface area (Å²) in [7, 11) is 23.0. The summed E-state index contributed by atoms with van der Waals surface area (Å²) in [5.74, 6) is 0. The molecule has 53 heavy (non-hydrogen) atoms. The van der Waals surface area contributed by atoms with E-state index >= 15 is 0 Å². The molecule has 6 nitrogen and oxygen atoms in total. The van der Waals surface area contributed by atoms with Crippen LogP contribution in [0.5, 0.6) is 0 Å². The van der Waals surface area contributed by atoms with Crippen LogP contribution in [0.25, 0.3) is 0 Å². The fraction of sp³-hybridized carbons (Fsp3) is 0.452. The smallest absolute Gasteiger partial charge is 1.00 e. The van der Waals surface area contributed by atoms with Crippen LogP contribution < -0.4 is 87.4 Å². The number of hydrogen-bond acceptors (Lipinski definition) is 6. The van der Waals surface area contributed by atoms with Gasteiger partial charge in [0.05, 0.1) is 34.1 Å². The van der Waals surface area contributed by atoms with E-state index in [2.05, 4.69) is 199 Å². The third-order valence-corrected chi connectivity index (χ3v) is 15.7. The van der Waals surface area contributed by atoms with E-state index in [0.717, 1.165) is 0 Å². The van der Waals surface area contributed by atoms with Gasteiger partial charge in [-0.3, -0.25) is 0 Å². The first-order valence-electron chi connectivity index (χ1n) is 17.4. The second kappa shape index (κ2) is 19.0. The Morgan fingerprint density at radius 1 is 0.377 bits per heavy atom. The SMILES string of the molecule is Cc1cc([Si](c2cc(C)c(N(C)C)c(N(C)C)c2)(c2cc(C)c(N(C)C)c(N(C)C)c2)[c-]2c(C)c(C)c(C)c2C)cc(N(C)C)c1N(C)C.[Cl-].[Cl-].[Cl-].[Ti+4]. The monoisotopic (exact) mass is 832 g/mol. The van der Waals surface area contributed by atoms with E-state index in [-0.39, 0.29) is 58.9 Å². The first-order chi connectivity index (χ1) is 22.7. The van der Waals surface area contributed by atoms with Crippen molar-refractivity contribution < 1.29 is 58.9 Å². The zero-order chi connectivity index (χ0) is 37.0. The number of hydrogen-bond donors (Lipinski definition) is 0. The van der Waals surface area contributed by atoms with Gasteiger partial charge in [-0.1, -0.05) is 61.5 Å². The molecule has 0 heterocycles. The Bertz CT molecular complexity index is 1690. The topological polar surface area (TPSA) is 19.4 Å². The molecule has 4 rings (SSSR count). The van der Waals surface area contributed by atoms with Crippen molar-refractivity contribution in [3.63, 3.8) is 0 Å². The summed E-state index contributed by atoms with van der Waals surface area (Å²) in [5, 5.41) is 5.77. The standard InChI is InChI=1S/C42H63N6Si.3ClH.Ti/c1-26-20-33(23-36(43(8)9)39(26)46(14)15)49(42-31(6)29(4)30(5)32(42)7,34-21-27(2)40(47(16)17)37(24-34)44(10)11)35-22-28(3)41(48(18)19)38(25-35)45(12)13;;;;/h20-25H,1-19H3;3*1H;/q-1;;;;+4/p-3. The summed E-state index contributed by atoms with van der Waals surface area (Å²) >= 11 is 0. The maximum atomic E-state index is 2.53. The minimum atomic E-state index is -3.03. The van der Waals surface area contributed by atoms with Crippen molar-refractivity contribution in [2.75, 3.05) is 114 Å². The molecule has 0 atom stereocenters. The maximum Gasteiger partial charge on any atom is 4.00 e. The third kappa shape index (κ3) is 8.71. The van der Waals surface area contributed by atoms with Crippen LogP contribution in [0.1, 0.15) is 38.9 Å². The fourth-order valence-electron chi connectivity index (χ4n) is 8.41. The molecule has 0 fully saturated rings. The maximum absolute atomic E-state index is 3.03. The summed E-state index contributed by atoms with van der Waals surface area (Å²) in [5.41, 5.74) is 17.1. The molecule has 0 spiro atoms. The van der Waals surface area contributed by atoms with Gasteiger partial charge in [0.1, 0.15) is 8.07 Å². The van der Waals surface area contributed by atoms with Crippen molar-refractivity contribution in [2.45, 2.75) is 48.5 Å². The van der Waals surface area contributed by atoms with Crippen LogP contribution in [-0.4, -0.2) is 92.6 Å². The van der Waals surface area contributed by atoms with Gasteiger partial charge in [0, 0.05) is 84.6 Å². The van der Waals surface area contributed by atoms with Gasteiger partial charge in [-0.25, -0.2) is 0 Å². The normalized spacial score (nSPS) is 10.7. The van der Waals surface area contributed by atoms with E-state index in [9.17, 15) is 0 Å². The minimum absolute atomic E-state index is 0. The van der Waals surface area contributed by atoms with Gasteiger partial charge >= 0.3 is 21.7 Å². The number of aryl methyl sites for hydroxylation is 3. The Morgan fingerprint density at radius 3 is 0.792 bits per heavy atom. The average molecular weight is 834 g/mol. The third-order valence-electron chi connectivity index (χ3n) is 10.7. The molecular weight excluding hydrogens is 771 g/mol. The predicted molar refractivity (Wildman–Crippen MR) is 225 cm³/mol. The Kier molecular flexibility index (Phi) is 18.1. The first-order valence-corrected chi connectivity index (χ1v) is 19.4. The van der Waals surface area contributed by atoms with E-state index in [1.807, 2.05) is 0 Å². The van der Waals surface area contributed by atoms with Crippen molar-refractivity contribution in [1.29, 1.82) is 0 Å². The zero-order valence-electron chi connectivity index (χ0n) is 35.8. The molecule has 0 saturated carbocycles. The predicted octanol–water partition coefficient (Wildman–Crippen LogP) is -3.65. The minimum Gasteiger partial charge on any atom is -1.00 e. The Morgan fingerprint density at radius 2 is 0.604 bits per heavy atom. The Hall–Kier alpha value is -2.39. The molecule has 4 aromatic rings. The Labute approximate surface area is 357 Å². The molecule has 4 aromatic carbocycles. The second-order valence-corrected chi connectivity index (χ2v) is 19.2. The molecule has 0 aromatic heterocycles. The van der Waals surface area contributed by atoms with Gasteiger partial charge < -0.3 is 66.6 Å². The molecular formula is C42H63Cl3N6SiTi. The van der Waals surface area contributed by atoms with E-state index in [1.165, 1.54) is 93.8 Å². The zero-order valence-corrected chi connectivity index (χ0v) is 40.6. The van der Waals surface area contributed by atoms with Crippen molar-refractivity contribution in [2.24, 2.45) is 0 Å². The number of rotatable bonds is 10. The van der Waals surface area contributed by atoms with Crippen molar-refractivity contribution in [3.8, 4) is 0 Å². The van der Waals surface area contributed by atoms with Crippen LogP contribution in [0.4, 0.5) is 34.1 Å². The van der Waals surface area contributed by atoms with Crippen LogP contribution in [0.15, 0.2) is 36.4 Å². The molecule has 0 aliphatic rings. The molecule has 0 bridgehead atoms. The first kappa shape index (κ1) is 50.6. The fourth-order valence-corrected chi connectivity index (χ4v) is 14.1. The van der Waals surface area contributed by atoms with E-state index in [4.69, 9.17) is 0 Å². The molecule has 0 saturated heterocycles. The second-order valence-electron chi connectivity index (χ2n) is 15.5. The number of anilines is 6. The van der Waals surface area contributed by atoms with Crippen molar-refractivity contribution in [3.05, 3.63) is 75.3 Å². The molecule has 11 heteroatoms. The van der Waals surface area contributed by atoms with Gasteiger partial charge in [0.15, 0.2) is 0 Å². The molecule has 290 valence electrons. The van der Waals surface area contributed by atoms with Crippen LogP contribution in [0.2, 0.25) is 0 Å². The van der Waals surface area contributed by atoms with Crippen LogP contribution in [0.3, 0.4) is 0 Å². The van der Waals surface area contributed by atoms with E-state index in [0.29, 0.717) is 0 Å². The average Bonchev–Trinajstić information content (AvgIpc) is 3.18. The number of nitrogens with zero attached hydrogens (tertiary/aromatic N) is 6. The summed E-state index contributed by atoms with van der Waals surface area (Å²) in [4.78, 5) is 13.7. The van der Waals surface area contributed by atoms with Crippen molar-refractivity contribution in [1.82, 2.24) is 0 Å². The number of benzene rings is 3. The van der Waals surface area contributed by atoms with Gasteiger partial charge in [0.25, 0.3) is 0 Å². The summed E-state index contributed by atoms with van der Waals surface area (Å²) in [6.45, 7) is 16.3. The Balaban J connectivity index is 0.00000676. The summed E-state index contributed by atoms with van der Waals surface area (Å²) in [6.07, 6.45) is 0. The van der Waals surface area contributed by atoms with Gasteiger partial charge in [-0.15, -0.1) is 5.19 Å². The molecule has 0 amide bonds. The van der Waals surface area contributed by atoms with Crippen molar-refractivity contribution >= 4 is 62.9 Å². The van der Waals surface area contributed by atoms with Gasteiger partial charge in [0.2, 0.25) is 0 Å². The molecule has 0 N–H and O–H groups in total. The molecule has 0 aliphatic carbocycles. The van der Waals surface area contributed by atoms with Crippen LogP contribution >= 0.6 is 0 Å². The molecule has 0 aliphatic heterocycles. The largest absolute Gasteiger partial charge is 4.00 e. The molecule has 0 unspecified atom stereocenters. The summed E-state index contributed by atoms with van der Waals surface area (Å²) < 4.78 is 0. The molecule has 0 radical (unpaired) electrons.